The van der Waals surface area contributed by atoms with Crippen LogP contribution in [0.4, 0.5) is 0 Å². The summed E-state index contributed by atoms with van der Waals surface area (Å²) in [7, 11) is 39.9. The molecule has 478 valence electrons. The fourth-order valence-electron chi connectivity index (χ4n) is 12.4. The van der Waals surface area contributed by atoms with Gasteiger partial charge in [-0.15, -0.1) is 0 Å². The molecule has 0 bridgehead atoms. The minimum Gasteiger partial charge on any atom is -0.383 e. The van der Waals surface area contributed by atoms with Crippen LogP contribution in [0.25, 0.3) is 0 Å². The molecule has 11 atom stereocenters. The Morgan fingerprint density at radius 2 is 0.734 bits per heavy atom. The van der Waals surface area contributed by atoms with E-state index >= 15 is 0 Å². The molecule has 5 aliphatic rings. The lowest BCUT2D eigenvalue weighted by atomic mass is 9.91. The van der Waals surface area contributed by atoms with Gasteiger partial charge in [-0.2, -0.15) is 0 Å². The molecule has 0 spiro atoms. The molecule has 0 aromatic carbocycles. The fourth-order valence-corrected chi connectivity index (χ4v) is 12.4. The number of hydrogen-bond acceptors (Lipinski definition) is 18. The molecule has 11 unspecified atom stereocenters. The van der Waals surface area contributed by atoms with Crippen molar-refractivity contribution < 1.29 is 18.9 Å². The van der Waals surface area contributed by atoms with Crippen molar-refractivity contribution in [1.82, 2.24) is 68.6 Å². The minimum atomic E-state index is 0. The van der Waals surface area contributed by atoms with Gasteiger partial charge in [0.15, 0.2) is 0 Å². The molecule has 0 N–H and O–H groups in total. The van der Waals surface area contributed by atoms with Crippen LogP contribution in [0.3, 0.4) is 0 Å². The molecule has 5 saturated heterocycles. The highest BCUT2D eigenvalue weighted by Crippen LogP contribution is 2.25. The number of rotatable bonds is 22. The molecule has 5 fully saturated rings. The Balaban J connectivity index is 0. The summed E-state index contributed by atoms with van der Waals surface area (Å²) in [6.45, 7) is 35.2. The molecule has 0 saturated carbocycles. The summed E-state index contributed by atoms with van der Waals surface area (Å²) in [5.41, 5.74) is 0. The standard InChI is InChI=1S/2C13H29N3O.C12H27N3O.C11H25N3.C10H22N2O.2CH4/c1-7-16-9-11(14(2)3)8-12(15(4)5)13(16)10-17-6;1-6-15-8-12(14(3)4)10-16(7-2)13(9-15)11-17-5;1-6-15-8-7-14(4)9-11(13(2)3)12(15)10-16-5;1-6-14-9-10(13(4)5)7-11(14)8-12(2)3;1-5-12-7-9(11(2)3)6-10(12)8-13-4;;/h11-13H,7-10H2,1-6H3;12-13H,6-11H2,1-5H3;11-12H,6-10H2,1-5H3;10-11H,6-9H2,1-5H3;9-10H,5-8H2,1-4H3;2*1H4. The van der Waals surface area contributed by atoms with Gasteiger partial charge in [0.05, 0.1) is 26.4 Å². The number of piperidine rings is 1. The molecular formula is C61H140N14O4. The van der Waals surface area contributed by atoms with Crippen molar-refractivity contribution >= 4 is 0 Å². The first-order chi connectivity index (χ1) is 36.4. The normalized spacial score (nSPS) is 29.1. The predicted octanol–water partition coefficient (Wildman–Crippen LogP) is 3.88. The average molecular weight is 1130 g/mol. The van der Waals surface area contributed by atoms with Gasteiger partial charge in [-0.3, -0.25) is 24.5 Å². The monoisotopic (exact) mass is 1130 g/mol. The SMILES string of the molecule is C.C.CCN1CC(N(C)C)CC(N(C)C)C1COC.CCN1CC(N(C)C)CC1CN(C)C.CCN1CC(N(C)C)CC1COC.CCN1CC(N(C)C)CN(CC)C(COC)C1.CCN1CCN(C)CC(N(C)C)C1COC. The maximum Gasteiger partial charge on any atom is 0.0633 e. The number of ether oxygens (including phenoxy) is 4. The van der Waals surface area contributed by atoms with Gasteiger partial charge in [-0.05, 0) is 164 Å². The van der Waals surface area contributed by atoms with Gasteiger partial charge < -0.3 is 63.0 Å². The second kappa shape index (κ2) is 43.8. The fraction of sp³-hybridized carbons (Fsp3) is 1.00. The molecule has 18 nitrogen and oxygen atoms in total. The van der Waals surface area contributed by atoms with E-state index in [0.717, 1.165) is 111 Å². The third-order valence-corrected chi connectivity index (χ3v) is 17.7. The van der Waals surface area contributed by atoms with Crippen LogP contribution in [0.5, 0.6) is 0 Å². The van der Waals surface area contributed by atoms with Crippen molar-refractivity contribution in [2.75, 3.05) is 265 Å². The van der Waals surface area contributed by atoms with Gasteiger partial charge in [0.2, 0.25) is 0 Å². The molecule has 5 rings (SSSR count). The Kier molecular flexibility index (Phi) is 44.6. The molecule has 0 radical (unpaired) electrons. The Bertz CT molecular complexity index is 1420. The van der Waals surface area contributed by atoms with Crippen LogP contribution >= 0.6 is 0 Å². The van der Waals surface area contributed by atoms with E-state index in [1.54, 1.807) is 28.4 Å². The zero-order valence-corrected chi connectivity index (χ0v) is 55.5. The van der Waals surface area contributed by atoms with E-state index in [0.29, 0.717) is 54.4 Å². The summed E-state index contributed by atoms with van der Waals surface area (Å²) >= 11 is 0. The smallest absolute Gasteiger partial charge is 0.0633 e. The number of likely N-dealkylation sites (N-methyl/N-ethyl adjacent to an activating group) is 14. The van der Waals surface area contributed by atoms with Crippen molar-refractivity contribution in [3.05, 3.63) is 0 Å². The molecule has 5 heterocycles. The lowest BCUT2D eigenvalue weighted by Crippen LogP contribution is -2.61. The predicted molar refractivity (Wildman–Crippen MR) is 343 cm³/mol. The van der Waals surface area contributed by atoms with Gasteiger partial charge in [-0.1, -0.05) is 56.4 Å². The summed E-state index contributed by atoms with van der Waals surface area (Å²) in [5.74, 6) is 0. The molecule has 18 heteroatoms. The van der Waals surface area contributed by atoms with Crippen LogP contribution in [0, 0.1) is 0 Å². The first kappa shape index (κ1) is 80.3. The van der Waals surface area contributed by atoms with Crippen LogP contribution in [0.15, 0.2) is 0 Å². The molecule has 79 heavy (non-hydrogen) atoms. The number of likely N-dealkylation sites (tertiary alicyclic amines) is 3. The van der Waals surface area contributed by atoms with Gasteiger partial charge >= 0.3 is 0 Å². The first-order valence-corrected chi connectivity index (χ1v) is 30.2. The number of methoxy groups -OCH3 is 4. The van der Waals surface area contributed by atoms with E-state index in [1.807, 2.05) is 0 Å². The third kappa shape index (κ3) is 28.4. The van der Waals surface area contributed by atoms with Crippen molar-refractivity contribution in [1.29, 1.82) is 0 Å². The summed E-state index contributed by atoms with van der Waals surface area (Å²) in [6, 6.07) is 6.81. The topological polar surface area (TPSA) is 82.3 Å². The number of hydrogen-bond donors (Lipinski definition) is 0. The lowest BCUT2D eigenvalue weighted by molar-refractivity contribution is -0.0138. The van der Waals surface area contributed by atoms with E-state index < -0.39 is 0 Å². The van der Waals surface area contributed by atoms with Gasteiger partial charge in [0.25, 0.3) is 0 Å². The van der Waals surface area contributed by atoms with Crippen molar-refractivity contribution in [3.63, 3.8) is 0 Å². The zero-order valence-electron chi connectivity index (χ0n) is 55.5. The van der Waals surface area contributed by atoms with E-state index in [9.17, 15) is 0 Å². The molecule has 0 aromatic rings. The van der Waals surface area contributed by atoms with E-state index in [-0.39, 0.29) is 14.9 Å². The summed E-state index contributed by atoms with van der Waals surface area (Å²) in [6.07, 6.45) is 3.79. The van der Waals surface area contributed by atoms with Crippen molar-refractivity contribution in [2.45, 2.75) is 142 Å². The van der Waals surface area contributed by atoms with Gasteiger partial charge in [-0.25, -0.2) is 0 Å². The second-order valence-electron chi connectivity index (χ2n) is 24.5. The van der Waals surface area contributed by atoms with E-state index in [4.69, 9.17) is 18.9 Å². The van der Waals surface area contributed by atoms with Gasteiger partial charge in [0.1, 0.15) is 0 Å². The summed E-state index contributed by atoms with van der Waals surface area (Å²) in [5, 5.41) is 0. The Morgan fingerprint density at radius 1 is 0.354 bits per heavy atom. The Hall–Kier alpha value is -0.720. The molecule has 0 aromatic heterocycles. The number of nitrogens with zero attached hydrogens (tertiary/aromatic N) is 14. The van der Waals surface area contributed by atoms with Crippen LogP contribution in [0.2, 0.25) is 0 Å². The molecular weight excluding hydrogens is 993 g/mol. The molecule has 0 amide bonds. The van der Waals surface area contributed by atoms with Crippen molar-refractivity contribution in [2.24, 2.45) is 0 Å². The maximum atomic E-state index is 5.41. The lowest BCUT2D eigenvalue weighted by Gasteiger charge is -2.48. The Morgan fingerprint density at radius 3 is 1.14 bits per heavy atom. The first-order valence-electron chi connectivity index (χ1n) is 30.2. The highest BCUT2D eigenvalue weighted by molar-refractivity contribution is 4.96. The van der Waals surface area contributed by atoms with Crippen molar-refractivity contribution in [3.8, 4) is 0 Å². The van der Waals surface area contributed by atoms with Gasteiger partial charge in [0, 0.05) is 160 Å². The highest BCUT2D eigenvalue weighted by atomic mass is 16.5. The highest BCUT2D eigenvalue weighted by Gasteiger charge is 2.38. The Labute approximate surface area is 493 Å². The zero-order chi connectivity index (χ0) is 58.5. The quantitative estimate of drug-likeness (QED) is 0.157. The van der Waals surface area contributed by atoms with Crippen LogP contribution in [-0.2, 0) is 18.9 Å². The van der Waals surface area contributed by atoms with Crippen LogP contribution < -0.4 is 0 Å². The van der Waals surface area contributed by atoms with Crippen LogP contribution in [0.1, 0.15) is 75.7 Å². The van der Waals surface area contributed by atoms with E-state index in [1.165, 1.54) is 52.0 Å². The van der Waals surface area contributed by atoms with E-state index in [2.05, 4.69) is 216 Å². The third-order valence-electron chi connectivity index (χ3n) is 17.7. The maximum absolute atomic E-state index is 5.41. The largest absolute Gasteiger partial charge is 0.383 e. The summed E-state index contributed by atoms with van der Waals surface area (Å²) in [4.78, 5) is 34.1. The van der Waals surface area contributed by atoms with Crippen LogP contribution in [-0.4, -0.2) is 400 Å². The minimum absolute atomic E-state index is 0. The average Bonchev–Trinajstić information content (AvgIpc) is 3.90. The summed E-state index contributed by atoms with van der Waals surface area (Å²) < 4.78 is 21.4. The molecule has 5 aliphatic heterocycles. The second-order valence-corrected chi connectivity index (χ2v) is 24.5. The molecule has 0 aliphatic carbocycles.